The number of fused-ring (bicyclic) bond motifs is 1. The fraction of sp³-hybridized carbons (Fsp3) is 0.333. The lowest BCUT2D eigenvalue weighted by Crippen LogP contribution is -2.34. The van der Waals surface area contributed by atoms with Gasteiger partial charge < -0.3 is 10.6 Å². The topological polar surface area (TPSA) is 24.1 Å². The normalized spacial score (nSPS) is 20.9. The second-order valence-electron chi connectivity index (χ2n) is 5.93. The van der Waals surface area contributed by atoms with Crippen LogP contribution in [0, 0.1) is 13.8 Å². The van der Waals surface area contributed by atoms with Crippen LogP contribution in [0.2, 0.25) is 0 Å². The summed E-state index contributed by atoms with van der Waals surface area (Å²) >= 11 is 0. The summed E-state index contributed by atoms with van der Waals surface area (Å²) in [4.78, 5) is 0. The van der Waals surface area contributed by atoms with Crippen molar-refractivity contribution in [3.8, 4) is 0 Å². The molecular formula is C18H22N2. The van der Waals surface area contributed by atoms with Crippen molar-refractivity contribution in [1.29, 1.82) is 0 Å². The van der Waals surface area contributed by atoms with Gasteiger partial charge in [-0.2, -0.15) is 0 Å². The summed E-state index contributed by atoms with van der Waals surface area (Å²) in [6.07, 6.45) is 1.40. The van der Waals surface area contributed by atoms with Crippen molar-refractivity contribution in [3.05, 3.63) is 59.2 Å². The Morgan fingerprint density at radius 2 is 1.70 bits per heavy atom. The van der Waals surface area contributed by atoms with E-state index in [0.717, 1.165) is 6.42 Å². The Labute approximate surface area is 121 Å². The molecule has 104 valence electrons. The van der Waals surface area contributed by atoms with Crippen LogP contribution in [-0.4, -0.2) is 6.17 Å². The Balaban J connectivity index is 1.77. The van der Waals surface area contributed by atoms with Crippen LogP contribution in [0.25, 0.3) is 0 Å². The minimum Gasteiger partial charge on any atom is -0.365 e. The molecule has 0 spiro atoms. The molecule has 0 saturated carbocycles. The van der Waals surface area contributed by atoms with E-state index >= 15 is 0 Å². The molecule has 0 radical (unpaired) electrons. The molecule has 2 heteroatoms. The zero-order chi connectivity index (χ0) is 14.1. The van der Waals surface area contributed by atoms with Crippen molar-refractivity contribution in [2.45, 2.75) is 39.3 Å². The van der Waals surface area contributed by atoms with E-state index in [2.05, 4.69) is 73.9 Å². The van der Waals surface area contributed by atoms with Crippen molar-refractivity contribution in [2.75, 3.05) is 10.6 Å². The molecule has 0 amide bonds. The second-order valence-corrected chi connectivity index (χ2v) is 5.93. The van der Waals surface area contributed by atoms with E-state index in [0.29, 0.717) is 12.1 Å². The van der Waals surface area contributed by atoms with Gasteiger partial charge in [-0.05, 0) is 49.9 Å². The fourth-order valence-corrected chi connectivity index (χ4v) is 2.89. The van der Waals surface area contributed by atoms with E-state index in [-0.39, 0.29) is 0 Å². The minimum absolute atomic E-state index is 0.294. The third-order valence-corrected chi connectivity index (χ3v) is 4.05. The zero-order valence-corrected chi connectivity index (χ0v) is 12.4. The van der Waals surface area contributed by atoms with Gasteiger partial charge in [0.25, 0.3) is 0 Å². The lowest BCUT2D eigenvalue weighted by molar-refractivity contribution is 0.598. The van der Waals surface area contributed by atoms with Crippen LogP contribution >= 0.6 is 0 Å². The van der Waals surface area contributed by atoms with E-state index in [1.165, 1.54) is 28.1 Å². The van der Waals surface area contributed by atoms with Crippen molar-refractivity contribution in [3.63, 3.8) is 0 Å². The van der Waals surface area contributed by atoms with Gasteiger partial charge in [0.15, 0.2) is 0 Å². The van der Waals surface area contributed by atoms with Crippen LogP contribution in [0.1, 0.15) is 36.0 Å². The maximum absolute atomic E-state index is 3.61. The lowest BCUT2D eigenvalue weighted by Gasteiger charge is -2.33. The maximum atomic E-state index is 3.61. The first-order valence-corrected chi connectivity index (χ1v) is 7.32. The molecule has 20 heavy (non-hydrogen) atoms. The number of rotatable bonds is 2. The third kappa shape index (κ3) is 2.64. The minimum atomic E-state index is 0.294. The molecule has 0 bridgehead atoms. The molecule has 2 unspecified atom stereocenters. The first-order chi connectivity index (χ1) is 9.61. The zero-order valence-electron chi connectivity index (χ0n) is 12.4. The molecule has 1 aliphatic heterocycles. The first kappa shape index (κ1) is 13.0. The molecule has 0 fully saturated rings. The third-order valence-electron chi connectivity index (χ3n) is 4.05. The number of hydrogen-bond acceptors (Lipinski definition) is 2. The van der Waals surface area contributed by atoms with Crippen LogP contribution in [0.4, 0.5) is 11.4 Å². The highest BCUT2D eigenvalue weighted by Crippen LogP contribution is 2.34. The molecule has 0 saturated heterocycles. The van der Waals surface area contributed by atoms with Gasteiger partial charge in [-0.25, -0.2) is 0 Å². The summed E-state index contributed by atoms with van der Waals surface area (Å²) in [6.45, 7) is 6.58. The van der Waals surface area contributed by atoms with E-state index < -0.39 is 0 Å². The predicted octanol–water partition coefficient (Wildman–Crippen LogP) is 4.66. The van der Waals surface area contributed by atoms with Gasteiger partial charge in [-0.3, -0.25) is 0 Å². The van der Waals surface area contributed by atoms with Gasteiger partial charge in [0.1, 0.15) is 0 Å². The molecule has 2 aromatic carbocycles. The quantitative estimate of drug-likeness (QED) is 0.826. The highest BCUT2D eigenvalue weighted by molar-refractivity contribution is 5.59. The smallest absolute Gasteiger partial charge is 0.0969 e. The first-order valence-electron chi connectivity index (χ1n) is 7.32. The Bertz CT molecular complexity index is 601. The molecule has 2 nitrogen and oxygen atoms in total. The SMILES string of the molecule is Cc1ccc(NC2CC(C)c3cc(C)ccc3N2)cc1. The van der Waals surface area contributed by atoms with Crippen molar-refractivity contribution < 1.29 is 0 Å². The molecule has 0 aromatic heterocycles. The standard InChI is InChI=1S/C18H22N2/c1-12-4-7-15(8-5-12)19-18-11-14(3)16-10-13(2)6-9-17(16)20-18/h4-10,14,18-20H,11H2,1-3H3. The lowest BCUT2D eigenvalue weighted by atomic mass is 9.90. The summed E-state index contributed by atoms with van der Waals surface area (Å²) in [6, 6.07) is 15.3. The largest absolute Gasteiger partial charge is 0.365 e. The van der Waals surface area contributed by atoms with E-state index in [9.17, 15) is 0 Å². The van der Waals surface area contributed by atoms with Crippen molar-refractivity contribution >= 4 is 11.4 Å². The molecule has 1 aliphatic rings. The molecule has 2 N–H and O–H groups in total. The van der Waals surface area contributed by atoms with Crippen molar-refractivity contribution in [2.24, 2.45) is 0 Å². The summed E-state index contributed by atoms with van der Waals surface area (Å²) < 4.78 is 0. The van der Waals surface area contributed by atoms with Crippen LogP contribution in [0.15, 0.2) is 42.5 Å². The van der Waals surface area contributed by atoms with Crippen LogP contribution in [0.3, 0.4) is 0 Å². The van der Waals surface area contributed by atoms with E-state index in [4.69, 9.17) is 0 Å². The summed E-state index contributed by atoms with van der Waals surface area (Å²) in [5.74, 6) is 0.578. The molecule has 2 aromatic rings. The molecule has 1 heterocycles. The monoisotopic (exact) mass is 266 g/mol. The molecule has 0 aliphatic carbocycles. The van der Waals surface area contributed by atoms with Gasteiger partial charge in [0.2, 0.25) is 0 Å². The van der Waals surface area contributed by atoms with Gasteiger partial charge in [0, 0.05) is 11.4 Å². The van der Waals surface area contributed by atoms with Crippen LogP contribution in [-0.2, 0) is 0 Å². The fourth-order valence-electron chi connectivity index (χ4n) is 2.89. The average molecular weight is 266 g/mol. The van der Waals surface area contributed by atoms with Crippen molar-refractivity contribution in [1.82, 2.24) is 0 Å². The Hall–Kier alpha value is -1.96. The van der Waals surface area contributed by atoms with E-state index in [1.807, 2.05) is 0 Å². The summed E-state index contributed by atoms with van der Waals surface area (Å²) in [5, 5.41) is 7.19. The number of anilines is 2. The Morgan fingerprint density at radius 3 is 2.45 bits per heavy atom. The summed E-state index contributed by atoms with van der Waals surface area (Å²) in [7, 11) is 0. The highest BCUT2D eigenvalue weighted by Gasteiger charge is 2.23. The predicted molar refractivity (Wildman–Crippen MR) is 86.4 cm³/mol. The van der Waals surface area contributed by atoms with Gasteiger partial charge >= 0.3 is 0 Å². The highest BCUT2D eigenvalue weighted by atomic mass is 15.1. The Morgan fingerprint density at radius 1 is 1.00 bits per heavy atom. The molecule has 2 atom stereocenters. The van der Waals surface area contributed by atoms with Crippen LogP contribution in [0.5, 0.6) is 0 Å². The Kier molecular flexibility index (Phi) is 3.39. The maximum Gasteiger partial charge on any atom is 0.0969 e. The average Bonchev–Trinajstić information content (AvgIpc) is 2.42. The number of aryl methyl sites for hydroxylation is 2. The van der Waals surface area contributed by atoms with Gasteiger partial charge in [0.05, 0.1) is 6.17 Å². The number of benzene rings is 2. The van der Waals surface area contributed by atoms with Gasteiger partial charge in [-0.15, -0.1) is 0 Å². The molecule has 3 rings (SSSR count). The van der Waals surface area contributed by atoms with E-state index in [1.54, 1.807) is 0 Å². The van der Waals surface area contributed by atoms with Gasteiger partial charge in [-0.1, -0.05) is 42.3 Å². The van der Waals surface area contributed by atoms with Crippen LogP contribution < -0.4 is 10.6 Å². The second kappa shape index (κ2) is 5.20. The molecular weight excluding hydrogens is 244 g/mol. The number of nitrogens with one attached hydrogen (secondary N) is 2. The summed E-state index contributed by atoms with van der Waals surface area (Å²) in [5.41, 5.74) is 6.51. The number of hydrogen-bond donors (Lipinski definition) is 2.